The van der Waals surface area contributed by atoms with Gasteiger partial charge in [0.25, 0.3) is 0 Å². The molecule has 19 heavy (non-hydrogen) atoms. The minimum atomic E-state index is 0.700. The van der Waals surface area contributed by atoms with E-state index in [2.05, 4.69) is 58.2 Å². The number of anilines is 2. The molecule has 2 aliphatic heterocycles. The van der Waals surface area contributed by atoms with Crippen LogP contribution in [0.1, 0.15) is 6.42 Å². The van der Waals surface area contributed by atoms with Crippen LogP contribution in [0.5, 0.6) is 0 Å². The predicted molar refractivity (Wildman–Crippen MR) is 85.7 cm³/mol. The highest BCUT2D eigenvalue weighted by molar-refractivity contribution is 7.99. The SMILES string of the molecule is CN1CCN(CCC2CSCCN2)c2ccccc21. The molecule has 1 aromatic rings. The van der Waals surface area contributed by atoms with Crippen LogP contribution < -0.4 is 15.1 Å². The van der Waals surface area contributed by atoms with E-state index in [9.17, 15) is 0 Å². The number of thioether (sulfide) groups is 1. The molecule has 0 bridgehead atoms. The number of nitrogens with one attached hydrogen (secondary N) is 1. The first-order valence-corrected chi connectivity index (χ1v) is 8.36. The highest BCUT2D eigenvalue weighted by atomic mass is 32.2. The quantitative estimate of drug-likeness (QED) is 0.911. The Balaban J connectivity index is 1.64. The van der Waals surface area contributed by atoms with Gasteiger partial charge >= 0.3 is 0 Å². The molecule has 1 atom stereocenters. The number of benzene rings is 1. The van der Waals surface area contributed by atoms with Crippen LogP contribution in [0, 0.1) is 0 Å². The van der Waals surface area contributed by atoms with Crippen LogP contribution >= 0.6 is 11.8 Å². The maximum atomic E-state index is 3.63. The van der Waals surface area contributed by atoms with Crippen LogP contribution in [0.4, 0.5) is 11.4 Å². The molecule has 0 radical (unpaired) electrons. The van der Waals surface area contributed by atoms with Gasteiger partial charge in [-0.15, -0.1) is 0 Å². The summed E-state index contributed by atoms with van der Waals surface area (Å²) >= 11 is 2.09. The summed E-state index contributed by atoms with van der Waals surface area (Å²) in [7, 11) is 2.19. The monoisotopic (exact) mass is 277 g/mol. The lowest BCUT2D eigenvalue weighted by molar-refractivity contribution is 0.522. The second-order valence-corrected chi connectivity index (χ2v) is 6.56. The van der Waals surface area contributed by atoms with E-state index in [0.717, 1.165) is 13.1 Å². The Morgan fingerprint density at radius 1 is 1.26 bits per heavy atom. The van der Waals surface area contributed by atoms with E-state index < -0.39 is 0 Å². The highest BCUT2D eigenvalue weighted by Crippen LogP contribution is 2.31. The number of hydrogen-bond acceptors (Lipinski definition) is 4. The van der Waals surface area contributed by atoms with Gasteiger partial charge in [0.1, 0.15) is 0 Å². The molecular weight excluding hydrogens is 254 g/mol. The lowest BCUT2D eigenvalue weighted by Crippen LogP contribution is -2.43. The second kappa shape index (κ2) is 6.06. The number of likely N-dealkylation sites (N-methyl/N-ethyl adjacent to an activating group) is 1. The van der Waals surface area contributed by atoms with Crippen LogP contribution in [-0.4, -0.2) is 50.8 Å². The van der Waals surface area contributed by atoms with Gasteiger partial charge in [-0.2, -0.15) is 11.8 Å². The van der Waals surface area contributed by atoms with Gasteiger partial charge < -0.3 is 15.1 Å². The summed E-state index contributed by atoms with van der Waals surface area (Å²) in [5.41, 5.74) is 2.78. The van der Waals surface area contributed by atoms with Crippen molar-refractivity contribution >= 4 is 23.1 Å². The van der Waals surface area contributed by atoms with E-state index in [-0.39, 0.29) is 0 Å². The normalized spacial score (nSPS) is 23.3. The van der Waals surface area contributed by atoms with Crippen LogP contribution in [0.3, 0.4) is 0 Å². The summed E-state index contributed by atoms with van der Waals surface area (Å²) in [5.74, 6) is 2.54. The molecular formula is C15H23N3S. The minimum Gasteiger partial charge on any atom is -0.371 e. The zero-order chi connectivity index (χ0) is 13.1. The fraction of sp³-hybridized carbons (Fsp3) is 0.600. The van der Waals surface area contributed by atoms with Crippen molar-refractivity contribution in [2.75, 3.05) is 54.5 Å². The van der Waals surface area contributed by atoms with Crippen molar-refractivity contribution in [1.29, 1.82) is 0 Å². The summed E-state index contributed by atoms with van der Waals surface area (Å²) in [6.45, 7) is 4.62. The Morgan fingerprint density at radius 3 is 2.89 bits per heavy atom. The van der Waals surface area contributed by atoms with Gasteiger partial charge in [0.05, 0.1) is 11.4 Å². The Morgan fingerprint density at radius 2 is 2.11 bits per heavy atom. The van der Waals surface area contributed by atoms with E-state index in [0.29, 0.717) is 6.04 Å². The van der Waals surface area contributed by atoms with Crippen LogP contribution in [0.2, 0.25) is 0 Å². The van der Waals surface area contributed by atoms with Gasteiger partial charge in [-0.3, -0.25) is 0 Å². The van der Waals surface area contributed by atoms with Crippen molar-refractivity contribution in [1.82, 2.24) is 5.32 Å². The standard InChI is InChI=1S/C15H23N3S/c1-17-9-10-18(15-5-3-2-4-14(15)17)8-6-13-12-19-11-7-16-13/h2-5,13,16H,6-12H2,1H3. The van der Waals surface area contributed by atoms with Crippen molar-refractivity contribution in [3.63, 3.8) is 0 Å². The fourth-order valence-corrected chi connectivity index (χ4v) is 3.91. The first-order valence-electron chi connectivity index (χ1n) is 7.21. The van der Waals surface area contributed by atoms with Crippen molar-refractivity contribution in [2.24, 2.45) is 0 Å². The molecule has 0 aromatic heterocycles. The lowest BCUT2D eigenvalue weighted by Gasteiger charge is -2.38. The van der Waals surface area contributed by atoms with Gasteiger partial charge in [-0.1, -0.05) is 12.1 Å². The van der Waals surface area contributed by atoms with Crippen molar-refractivity contribution in [3.05, 3.63) is 24.3 Å². The van der Waals surface area contributed by atoms with E-state index in [4.69, 9.17) is 0 Å². The molecule has 104 valence electrons. The number of hydrogen-bond donors (Lipinski definition) is 1. The maximum absolute atomic E-state index is 3.63. The summed E-state index contributed by atoms with van der Waals surface area (Å²) in [4.78, 5) is 4.91. The maximum Gasteiger partial charge on any atom is 0.0604 e. The smallest absolute Gasteiger partial charge is 0.0604 e. The van der Waals surface area contributed by atoms with Crippen molar-refractivity contribution in [3.8, 4) is 0 Å². The molecule has 0 amide bonds. The van der Waals surface area contributed by atoms with Crippen molar-refractivity contribution in [2.45, 2.75) is 12.5 Å². The number of rotatable bonds is 3. The third-order valence-electron chi connectivity index (χ3n) is 4.08. The topological polar surface area (TPSA) is 18.5 Å². The molecule has 2 aliphatic rings. The minimum absolute atomic E-state index is 0.700. The highest BCUT2D eigenvalue weighted by Gasteiger charge is 2.21. The molecule has 1 N–H and O–H groups in total. The molecule has 3 rings (SSSR count). The van der Waals surface area contributed by atoms with Gasteiger partial charge in [-0.25, -0.2) is 0 Å². The summed E-state index contributed by atoms with van der Waals surface area (Å²) in [6, 6.07) is 9.48. The van der Waals surface area contributed by atoms with E-state index >= 15 is 0 Å². The number of nitrogens with zero attached hydrogens (tertiary/aromatic N) is 2. The van der Waals surface area contributed by atoms with Crippen LogP contribution in [0.25, 0.3) is 0 Å². The van der Waals surface area contributed by atoms with Crippen molar-refractivity contribution < 1.29 is 0 Å². The van der Waals surface area contributed by atoms with Crippen LogP contribution in [0.15, 0.2) is 24.3 Å². The Bertz CT molecular complexity index is 418. The number of para-hydroxylation sites is 2. The molecule has 4 heteroatoms. The average molecular weight is 277 g/mol. The molecule has 1 saturated heterocycles. The second-order valence-electron chi connectivity index (χ2n) is 5.41. The molecule has 0 saturated carbocycles. The first-order chi connectivity index (χ1) is 9.34. The Labute approximate surface area is 120 Å². The lowest BCUT2D eigenvalue weighted by atomic mass is 10.1. The Kier molecular flexibility index (Phi) is 4.18. The average Bonchev–Trinajstić information content (AvgIpc) is 2.48. The zero-order valence-corrected chi connectivity index (χ0v) is 12.5. The van der Waals surface area contributed by atoms with Gasteiger partial charge in [0.2, 0.25) is 0 Å². The third kappa shape index (κ3) is 3.00. The largest absolute Gasteiger partial charge is 0.371 e. The fourth-order valence-electron chi connectivity index (χ4n) is 2.92. The predicted octanol–water partition coefficient (Wildman–Crippen LogP) is 2.04. The Hall–Kier alpha value is -0.870. The third-order valence-corrected chi connectivity index (χ3v) is 5.22. The van der Waals surface area contributed by atoms with E-state index in [1.807, 2.05) is 0 Å². The summed E-state index contributed by atoms with van der Waals surface area (Å²) < 4.78 is 0. The zero-order valence-electron chi connectivity index (χ0n) is 11.6. The molecule has 3 nitrogen and oxygen atoms in total. The molecule has 2 heterocycles. The number of fused-ring (bicyclic) bond motifs is 1. The van der Waals surface area contributed by atoms with Gasteiger partial charge in [0.15, 0.2) is 0 Å². The molecule has 0 spiro atoms. The van der Waals surface area contributed by atoms with Gasteiger partial charge in [-0.05, 0) is 18.6 Å². The van der Waals surface area contributed by atoms with Gasteiger partial charge in [0, 0.05) is 50.8 Å². The molecule has 1 aromatic carbocycles. The molecule has 1 fully saturated rings. The molecule has 1 unspecified atom stereocenters. The molecule has 0 aliphatic carbocycles. The summed E-state index contributed by atoms with van der Waals surface area (Å²) in [6.07, 6.45) is 1.26. The van der Waals surface area contributed by atoms with Crippen LogP contribution in [-0.2, 0) is 0 Å². The first kappa shape index (κ1) is 13.1. The van der Waals surface area contributed by atoms with E-state index in [1.165, 1.54) is 42.4 Å². The van der Waals surface area contributed by atoms with E-state index in [1.54, 1.807) is 0 Å². The summed E-state index contributed by atoms with van der Waals surface area (Å²) in [5, 5.41) is 3.63.